The Hall–Kier alpha value is -4.78. The third-order valence-corrected chi connectivity index (χ3v) is 10.7. The predicted molar refractivity (Wildman–Crippen MR) is 215 cm³/mol. The van der Waals surface area contributed by atoms with Crippen LogP contribution in [0.1, 0.15) is 81.5 Å². The van der Waals surface area contributed by atoms with Gasteiger partial charge in [0.15, 0.2) is 0 Å². The minimum Gasteiger partial charge on any atom is -0.328 e. The van der Waals surface area contributed by atoms with Gasteiger partial charge in [-0.2, -0.15) is 0 Å². The predicted octanol–water partition coefficient (Wildman–Crippen LogP) is 8.79. The SMILES string of the molecule is C[N+](C)(CCCCCC[N+](C)(C)CCCN1C(=O)c2ccccc2/C1=C\c1ccccc1)CCCN1C(=O)c2ccccc2/C1=C/c1ccccc1. The van der Waals surface area contributed by atoms with E-state index in [0.717, 1.165) is 106 Å². The number of carbonyl (C=O) groups excluding carboxylic acids is 2. The van der Waals surface area contributed by atoms with Crippen molar-refractivity contribution in [3.8, 4) is 0 Å². The second-order valence-electron chi connectivity index (χ2n) is 15.8. The molecule has 0 saturated carbocycles. The Morgan fingerprint density at radius 2 is 0.750 bits per heavy atom. The molecule has 2 aliphatic heterocycles. The lowest BCUT2D eigenvalue weighted by atomic mass is 10.1. The molecule has 0 N–H and O–H groups in total. The monoisotopic (exact) mass is 696 g/mol. The van der Waals surface area contributed by atoms with Crippen LogP contribution in [-0.2, 0) is 0 Å². The zero-order valence-electron chi connectivity index (χ0n) is 31.6. The van der Waals surface area contributed by atoms with Crippen molar-refractivity contribution in [3.05, 3.63) is 143 Å². The second-order valence-corrected chi connectivity index (χ2v) is 15.8. The first-order valence-electron chi connectivity index (χ1n) is 19.1. The normalized spacial score (nSPS) is 15.9. The molecule has 0 radical (unpaired) electrons. The van der Waals surface area contributed by atoms with E-state index in [1.165, 1.54) is 25.7 Å². The number of amides is 2. The Bertz CT molecular complexity index is 1750. The van der Waals surface area contributed by atoms with E-state index in [1.807, 2.05) is 82.6 Å². The van der Waals surface area contributed by atoms with Gasteiger partial charge in [0.2, 0.25) is 0 Å². The average molecular weight is 697 g/mol. The number of unbranched alkanes of at least 4 members (excludes halogenated alkanes) is 3. The van der Waals surface area contributed by atoms with Crippen molar-refractivity contribution >= 4 is 35.4 Å². The summed E-state index contributed by atoms with van der Waals surface area (Å²) in [6.07, 6.45) is 11.1. The Morgan fingerprint density at radius 3 is 1.13 bits per heavy atom. The second kappa shape index (κ2) is 16.7. The van der Waals surface area contributed by atoms with Gasteiger partial charge in [0.1, 0.15) is 0 Å². The lowest BCUT2D eigenvalue weighted by Crippen LogP contribution is -2.43. The van der Waals surface area contributed by atoms with Crippen LogP contribution in [-0.4, -0.2) is 98.0 Å². The van der Waals surface area contributed by atoms with Gasteiger partial charge in [-0.05, 0) is 61.1 Å². The molecule has 6 nitrogen and oxygen atoms in total. The fourth-order valence-electron chi connectivity index (χ4n) is 7.73. The summed E-state index contributed by atoms with van der Waals surface area (Å²) < 4.78 is 1.93. The molecule has 6 heteroatoms. The van der Waals surface area contributed by atoms with E-state index in [4.69, 9.17) is 0 Å². The molecule has 0 atom stereocenters. The lowest BCUT2D eigenvalue weighted by molar-refractivity contribution is -0.891. The summed E-state index contributed by atoms with van der Waals surface area (Å²) in [5.41, 5.74) is 7.92. The average Bonchev–Trinajstić information content (AvgIpc) is 3.56. The van der Waals surface area contributed by atoms with E-state index in [9.17, 15) is 9.59 Å². The van der Waals surface area contributed by atoms with Gasteiger partial charge in [-0.3, -0.25) is 9.59 Å². The molecule has 2 amide bonds. The fraction of sp³-hybridized carbons (Fsp3) is 0.348. The van der Waals surface area contributed by atoms with E-state index in [0.29, 0.717) is 0 Å². The third-order valence-electron chi connectivity index (χ3n) is 10.7. The summed E-state index contributed by atoms with van der Waals surface area (Å²) in [6.45, 7) is 5.81. The molecular weight excluding hydrogens is 641 g/mol. The van der Waals surface area contributed by atoms with Crippen molar-refractivity contribution < 1.29 is 18.6 Å². The van der Waals surface area contributed by atoms with E-state index in [1.54, 1.807) is 0 Å². The van der Waals surface area contributed by atoms with Gasteiger partial charge in [0.05, 0.1) is 65.8 Å². The van der Waals surface area contributed by atoms with Gasteiger partial charge >= 0.3 is 0 Å². The molecule has 270 valence electrons. The first-order valence-corrected chi connectivity index (χ1v) is 19.1. The number of benzene rings is 4. The molecule has 0 aliphatic carbocycles. The quantitative estimate of drug-likeness (QED) is 0.0818. The summed E-state index contributed by atoms with van der Waals surface area (Å²) in [6, 6.07) is 36.6. The molecule has 52 heavy (non-hydrogen) atoms. The van der Waals surface area contributed by atoms with Gasteiger partial charge in [-0.1, -0.05) is 97.1 Å². The highest BCUT2D eigenvalue weighted by atomic mass is 16.2. The van der Waals surface area contributed by atoms with Crippen LogP contribution in [0, 0.1) is 0 Å². The fourth-order valence-corrected chi connectivity index (χ4v) is 7.73. The van der Waals surface area contributed by atoms with E-state index < -0.39 is 0 Å². The minimum atomic E-state index is 0.115. The van der Waals surface area contributed by atoms with Gasteiger partial charge in [0, 0.05) is 48.2 Å². The standard InChI is InChI=1S/C46H56N4O2/c1-49(2,33-19-29-47-43(35-37-21-9-7-10-22-37)39-25-13-15-27-41(39)45(47)51)31-17-5-6-18-32-50(3,4)34-20-30-48-44(36-38-23-11-8-12-24-38)40-26-14-16-28-42(40)46(48)52/h7-16,21-28,35-36H,5-6,17-20,29-34H2,1-4H3/q+2/b43-35-,44-36+. The minimum absolute atomic E-state index is 0.115. The van der Waals surface area contributed by atoms with Gasteiger partial charge < -0.3 is 18.8 Å². The maximum absolute atomic E-state index is 13.4. The smallest absolute Gasteiger partial charge is 0.258 e. The van der Waals surface area contributed by atoms with Crippen LogP contribution in [0.5, 0.6) is 0 Å². The summed E-state index contributed by atoms with van der Waals surface area (Å²) in [5, 5.41) is 0. The molecular formula is C46H56N4O2+2. The molecule has 0 aromatic heterocycles. The molecule has 2 aliphatic rings. The van der Waals surface area contributed by atoms with Crippen LogP contribution in [0.4, 0.5) is 0 Å². The lowest BCUT2D eigenvalue weighted by Gasteiger charge is -2.31. The Balaban J connectivity index is 0.911. The van der Waals surface area contributed by atoms with E-state index in [-0.39, 0.29) is 11.8 Å². The maximum atomic E-state index is 13.4. The highest BCUT2D eigenvalue weighted by molar-refractivity contribution is 6.12. The zero-order chi connectivity index (χ0) is 36.6. The van der Waals surface area contributed by atoms with Crippen LogP contribution >= 0.6 is 0 Å². The highest BCUT2D eigenvalue weighted by Gasteiger charge is 2.33. The molecule has 0 spiro atoms. The van der Waals surface area contributed by atoms with Crippen molar-refractivity contribution in [2.45, 2.75) is 38.5 Å². The zero-order valence-corrected chi connectivity index (χ0v) is 31.6. The van der Waals surface area contributed by atoms with Crippen LogP contribution in [0.3, 0.4) is 0 Å². The molecule has 6 rings (SSSR count). The largest absolute Gasteiger partial charge is 0.328 e. The van der Waals surface area contributed by atoms with Gasteiger partial charge in [-0.25, -0.2) is 0 Å². The number of hydrogen-bond acceptors (Lipinski definition) is 2. The van der Waals surface area contributed by atoms with E-state index >= 15 is 0 Å². The van der Waals surface area contributed by atoms with E-state index in [2.05, 4.69) is 76.7 Å². The molecule has 4 aromatic carbocycles. The van der Waals surface area contributed by atoms with Crippen molar-refractivity contribution in [2.24, 2.45) is 0 Å². The summed E-state index contributed by atoms with van der Waals surface area (Å²) >= 11 is 0. The number of quaternary nitrogens is 2. The number of rotatable bonds is 17. The van der Waals surface area contributed by atoms with Crippen molar-refractivity contribution in [1.29, 1.82) is 0 Å². The number of carbonyl (C=O) groups is 2. The van der Waals surface area contributed by atoms with Crippen LogP contribution in [0.25, 0.3) is 23.5 Å². The molecule has 2 heterocycles. The number of fused-ring (bicyclic) bond motifs is 2. The maximum Gasteiger partial charge on any atom is 0.258 e. The Labute approximate surface area is 311 Å². The summed E-state index contributed by atoms with van der Waals surface area (Å²) in [7, 11) is 9.30. The topological polar surface area (TPSA) is 40.6 Å². The molecule has 0 bridgehead atoms. The Kier molecular flexibility index (Phi) is 11.9. The van der Waals surface area contributed by atoms with Crippen molar-refractivity contribution in [1.82, 2.24) is 9.80 Å². The number of nitrogens with zero attached hydrogens (tertiary/aromatic N) is 4. The highest BCUT2D eigenvalue weighted by Crippen LogP contribution is 2.35. The third kappa shape index (κ3) is 9.17. The molecule has 0 fully saturated rings. The van der Waals surface area contributed by atoms with Crippen molar-refractivity contribution in [2.75, 3.05) is 67.5 Å². The molecule has 0 saturated heterocycles. The molecule has 4 aromatic rings. The number of hydrogen-bond donors (Lipinski definition) is 0. The Morgan fingerprint density at radius 1 is 0.423 bits per heavy atom. The molecule has 0 unspecified atom stereocenters. The van der Waals surface area contributed by atoms with Crippen molar-refractivity contribution in [3.63, 3.8) is 0 Å². The van der Waals surface area contributed by atoms with Crippen LogP contribution < -0.4 is 0 Å². The van der Waals surface area contributed by atoms with Crippen LogP contribution in [0.15, 0.2) is 109 Å². The first kappa shape index (κ1) is 37.0. The first-order chi connectivity index (χ1) is 25.1. The van der Waals surface area contributed by atoms with Crippen LogP contribution in [0.2, 0.25) is 0 Å². The summed E-state index contributed by atoms with van der Waals surface area (Å²) in [4.78, 5) is 30.8. The van der Waals surface area contributed by atoms with Gasteiger partial charge in [0.25, 0.3) is 11.8 Å². The van der Waals surface area contributed by atoms with Gasteiger partial charge in [-0.15, -0.1) is 0 Å². The summed E-state index contributed by atoms with van der Waals surface area (Å²) in [5.74, 6) is 0.230.